The summed E-state index contributed by atoms with van der Waals surface area (Å²) >= 11 is 0. The minimum absolute atomic E-state index is 1.17. The monoisotopic (exact) mass is 160 g/mol. The van der Waals surface area contributed by atoms with Crippen molar-refractivity contribution in [2.75, 3.05) is 0 Å². The quantitative estimate of drug-likeness (QED) is 0.546. The molecule has 0 saturated heterocycles. The molecule has 0 aromatic heterocycles. The molecule has 0 N–H and O–H groups in total. The van der Waals surface area contributed by atoms with Crippen LogP contribution in [0.5, 0.6) is 0 Å². The summed E-state index contributed by atoms with van der Waals surface area (Å²) in [6.45, 7) is 7.63. The lowest BCUT2D eigenvalue weighted by Gasteiger charge is -1.85. The first kappa shape index (κ1) is 10.7. The maximum atomic E-state index is 3.63. The van der Waals surface area contributed by atoms with Crippen molar-refractivity contribution < 1.29 is 0 Å². The molecule has 1 aromatic rings. The number of benzene rings is 1. The van der Waals surface area contributed by atoms with E-state index in [-0.39, 0.29) is 0 Å². The third-order valence-electron chi connectivity index (χ3n) is 1.37. The maximum Gasteiger partial charge on any atom is -0.0263 e. The maximum absolute atomic E-state index is 3.63. The summed E-state index contributed by atoms with van der Waals surface area (Å²) in [5, 5.41) is 0. The molecule has 0 bridgehead atoms. The number of allylic oxidation sites excluding steroid dienone is 2. The molecule has 0 heterocycles. The van der Waals surface area contributed by atoms with Gasteiger partial charge in [-0.3, -0.25) is 0 Å². The zero-order valence-electron chi connectivity index (χ0n) is 7.83. The van der Waals surface area contributed by atoms with Crippen LogP contribution in [0.15, 0.2) is 49.1 Å². The van der Waals surface area contributed by atoms with Gasteiger partial charge in [0.1, 0.15) is 0 Å². The second-order valence-electron chi connectivity index (χ2n) is 2.28. The fourth-order valence-corrected chi connectivity index (χ4v) is 0.589. The topological polar surface area (TPSA) is 0 Å². The highest BCUT2D eigenvalue weighted by Crippen LogP contribution is 1.97. The van der Waals surface area contributed by atoms with Gasteiger partial charge < -0.3 is 0 Å². The number of rotatable bonds is 1. The van der Waals surface area contributed by atoms with E-state index in [4.69, 9.17) is 0 Å². The molecule has 1 rings (SSSR count). The average molecular weight is 160 g/mol. The molecule has 0 aliphatic carbocycles. The molecule has 0 atom stereocenters. The highest BCUT2D eigenvalue weighted by Gasteiger charge is 1.75. The van der Waals surface area contributed by atoms with Crippen molar-refractivity contribution in [3.63, 3.8) is 0 Å². The van der Waals surface area contributed by atoms with Crippen LogP contribution in [0.25, 0.3) is 6.08 Å². The molecule has 0 spiro atoms. The van der Waals surface area contributed by atoms with Crippen molar-refractivity contribution in [3.05, 3.63) is 54.6 Å². The van der Waals surface area contributed by atoms with E-state index in [1.807, 2.05) is 62.4 Å². The van der Waals surface area contributed by atoms with Crippen LogP contribution in [0.1, 0.15) is 19.4 Å². The standard InChI is InChI=1S/C8H8.C4H8/c1-2-8-6-4-3-5-7-8;1-3-4-2/h2-7H,1H2;3-4H,1-2H3/b;4-3+. The molecule has 64 valence electrons. The van der Waals surface area contributed by atoms with Gasteiger partial charge in [0.05, 0.1) is 0 Å². The molecule has 0 amide bonds. The summed E-state index contributed by atoms with van der Waals surface area (Å²) < 4.78 is 0. The van der Waals surface area contributed by atoms with Crippen molar-refractivity contribution in [2.24, 2.45) is 0 Å². The Labute approximate surface area is 75.2 Å². The lowest BCUT2D eigenvalue weighted by molar-refractivity contribution is 1.64. The van der Waals surface area contributed by atoms with Crippen LogP contribution >= 0.6 is 0 Å². The van der Waals surface area contributed by atoms with Crippen LogP contribution in [0, 0.1) is 0 Å². The lowest BCUT2D eigenvalue weighted by Crippen LogP contribution is -1.63. The zero-order chi connectivity index (χ0) is 9.23. The van der Waals surface area contributed by atoms with Crippen LogP contribution in [0.4, 0.5) is 0 Å². The predicted octanol–water partition coefficient (Wildman–Crippen LogP) is 3.91. The Morgan fingerprint density at radius 1 is 1.00 bits per heavy atom. The van der Waals surface area contributed by atoms with E-state index >= 15 is 0 Å². The number of hydrogen-bond acceptors (Lipinski definition) is 0. The van der Waals surface area contributed by atoms with E-state index < -0.39 is 0 Å². The molecule has 0 heteroatoms. The van der Waals surface area contributed by atoms with Gasteiger partial charge in [-0.25, -0.2) is 0 Å². The third kappa shape index (κ3) is 5.48. The summed E-state index contributed by atoms with van der Waals surface area (Å²) in [6.07, 6.45) is 5.83. The minimum atomic E-state index is 1.17. The van der Waals surface area contributed by atoms with Crippen molar-refractivity contribution in [3.8, 4) is 0 Å². The Hall–Kier alpha value is -1.30. The Bertz CT molecular complexity index is 215. The highest BCUT2D eigenvalue weighted by molar-refractivity contribution is 5.45. The first-order valence-electron chi connectivity index (χ1n) is 4.10. The van der Waals surface area contributed by atoms with Gasteiger partial charge in [-0.2, -0.15) is 0 Å². The summed E-state index contributed by atoms with van der Waals surface area (Å²) in [6, 6.07) is 10.0. The summed E-state index contributed by atoms with van der Waals surface area (Å²) in [5.41, 5.74) is 1.17. The molecule has 0 aliphatic heterocycles. The molecule has 0 nitrogen and oxygen atoms in total. The largest absolute Gasteiger partial charge is 0.0985 e. The molecule has 0 unspecified atom stereocenters. The smallest absolute Gasteiger partial charge is 0.0263 e. The SMILES string of the molecule is C/C=C/C.C=Cc1ccccc1. The van der Waals surface area contributed by atoms with E-state index in [9.17, 15) is 0 Å². The van der Waals surface area contributed by atoms with Crippen LogP contribution < -0.4 is 0 Å². The zero-order valence-corrected chi connectivity index (χ0v) is 7.83. The van der Waals surface area contributed by atoms with Crippen LogP contribution in [-0.4, -0.2) is 0 Å². The minimum Gasteiger partial charge on any atom is -0.0985 e. The van der Waals surface area contributed by atoms with Crippen molar-refractivity contribution in [1.29, 1.82) is 0 Å². The predicted molar refractivity (Wildman–Crippen MR) is 57.0 cm³/mol. The Kier molecular flexibility index (Phi) is 6.96. The normalized spacial score (nSPS) is 8.83. The summed E-state index contributed by atoms with van der Waals surface area (Å²) in [5.74, 6) is 0. The van der Waals surface area contributed by atoms with E-state index in [0.717, 1.165) is 0 Å². The molecule has 0 fully saturated rings. The first-order valence-corrected chi connectivity index (χ1v) is 4.10. The van der Waals surface area contributed by atoms with E-state index in [0.29, 0.717) is 0 Å². The van der Waals surface area contributed by atoms with Crippen molar-refractivity contribution in [2.45, 2.75) is 13.8 Å². The fraction of sp³-hybridized carbons (Fsp3) is 0.167. The third-order valence-corrected chi connectivity index (χ3v) is 1.37. The Morgan fingerprint density at radius 3 is 1.75 bits per heavy atom. The Morgan fingerprint density at radius 2 is 1.50 bits per heavy atom. The van der Waals surface area contributed by atoms with Crippen LogP contribution in [0.2, 0.25) is 0 Å². The summed E-state index contributed by atoms with van der Waals surface area (Å²) in [4.78, 5) is 0. The molecule has 1 aromatic carbocycles. The molecular formula is C12H16. The molecule has 0 saturated carbocycles. The molecule has 0 aliphatic rings. The lowest BCUT2D eigenvalue weighted by atomic mass is 10.2. The average Bonchev–Trinajstić information content (AvgIpc) is 2.19. The van der Waals surface area contributed by atoms with Gasteiger partial charge in [0.2, 0.25) is 0 Å². The second kappa shape index (κ2) is 7.80. The van der Waals surface area contributed by atoms with Crippen LogP contribution in [-0.2, 0) is 0 Å². The Balaban J connectivity index is 0.000000261. The van der Waals surface area contributed by atoms with E-state index in [2.05, 4.69) is 6.58 Å². The van der Waals surface area contributed by atoms with Gasteiger partial charge in [0.25, 0.3) is 0 Å². The van der Waals surface area contributed by atoms with Gasteiger partial charge in [-0.15, -0.1) is 0 Å². The van der Waals surface area contributed by atoms with Gasteiger partial charge in [0, 0.05) is 0 Å². The molecule has 0 radical (unpaired) electrons. The van der Waals surface area contributed by atoms with Gasteiger partial charge in [-0.1, -0.05) is 55.1 Å². The highest BCUT2D eigenvalue weighted by atomic mass is 13.8. The first-order chi connectivity index (χ1) is 5.85. The van der Waals surface area contributed by atoms with Gasteiger partial charge in [-0.05, 0) is 19.4 Å². The fourth-order valence-electron chi connectivity index (χ4n) is 0.589. The molecule has 12 heavy (non-hydrogen) atoms. The van der Waals surface area contributed by atoms with Crippen LogP contribution in [0.3, 0.4) is 0 Å². The van der Waals surface area contributed by atoms with Crippen molar-refractivity contribution >= 4 is 6.08 Å². The summed E-state index contributed by atoms with van der Waals surface area (Å²) in [7, 11) is 0. The van der Waals surface area contributed by atoms with E-state index in [1.165, 1.54) is 5.56 Å². The van der Waals surface area contributed by atoms with Crippen molar-refractivity contribution in [1.82, 2.24) is 0 Å². The van der Waals surface area contributed by atoms with E-state index in [1.54, 1.807) is 0 Å². The van der Waals surface area contributed by atoms with Gasteiger partial charge in [0.15, 0.2) is 0 Å². The van der Waals surface area contributed by atoms with Gasteiger partial charge >= 0.3 is 0 Å². The number of hydrogen-bond donors (Lipinski definition) is 0. The second-order valence-corrected chi connectivity index (χ2v) is 2.28. The molecular weight excluding hydrogens is 144 g/mol.